The number of benzene rings is 3. The summed E-state index contributed by atoms with van der Waals surface area (Å²) >= 11 is 6.14. The van der Waals surface area contributed by atoms with E-state index >= 15 is 0 Å². The number of hydrogen-bond acceptors (Lipinski definition) is 4. The number of likely N-dealkylation sites (tertiary alicyclic amines) is 1. The molecule has 0 atom stereocenters. The summed E-state index contributed by atoms with van der Waals surface area (Å²) in [4.78, 5) is 14.3. The number of rotatable bonds is 9. The Hall–Kier alpha value is -3.28. The van der Waals surface area contributed by atoms with Crippen molar-refractivity contribution in [3.63, 3.8) is 0 Å². The summed E-state index contributed by atoms with van der Waals surface area (Å²) in [7, 11) is 0. The SMILES string of the molecule is CCNC(=O)Oc1ccc(/C(=C(\C)c2ccc(Cl)cc2)c2ccc(OCCN3CCCCC3)cc2)cc1. The molecule has 1 heterocycles. The first-order chi connectivity index (χ1) is 18.0. The highest BCUT2D eigenvalue weighted by Gasteiger charge is 2.13. The van der Waals surface area contributed by atoms with Crippen molar-refractivity contribution in [1.29, 1.82) is 0 Å². The molecule has 1 saturated heterocycles. The molecule has 1 fully saturated rings. The smallest absolute Gasteiger partial charge is 0.412 e. The van der Waals surface area contributed by atoms with Crippen LogP contribution in [0, 0.1) is 0 Å². The number of carbonyl (C=O) groups excluding carboxylic acids is 1. The Labute approximate surface area is 225 Å². The summed E-state index contributed by atoms with van der Waals surface area (Å²) in [5.74, 6) is 1.37. The fraction of sp³-hybridized carbons (Fsp3) is 0.323. The molecule has 5 nitrogen and oxygen atoms in total. The Balaban J connectivity index is 1.56. The molecular weight excluding hydrogens is 484 g/mol. The topological polar surface area (TPSA) is 50.8 Å². The minimum absolute atomic E-state index is 0.459. The molecule has 0 saturated carbocycles. The van der Waals surface area contributed by atoms with E-state index in [-0.39, 0.29) is 0 Å². The summed E-state index contributed by atoms with van der Waals surface area (Å²) in [6, 6.07) is 23.7. The fourth-order valence-corrected chi connectivity index (χ4v) is 4.74. The lowest BCUT2D eigenvalue weighted by atomic mass is 9.90. The molecule has 0 radical (unpaired) electrons. The van der Waals surface area contributed by atoms with Gasteiger partial charge in [-0.2, -0.15) is 0 Å². The molecule has 0 unspecified atom stereocenters. The van der Waals surface area contributed by atoms with Crippen molar-refractivity contribution in [2.45, 2.75) is 33.1 Å². The van der Waals surface area contributed by atoms with Crippen LogP contribution in [0.15, 0.2) is 72.8 Å². The molecule has 194 valence electrons. The Morgan fingerprint density at radius 1 is 0.838 bits per heavy atom. The average molecular weight is 519 g/mol. The number of amides is 1. The summed E-state index contributed by atoms with van der Waals surface area (Å²) in [6.07, 6.45) is 3.46. The number of hydrogen-bond donors (Lipinski definition) is 1. The Morgan fingerprint density at radius 2 is 1.41 bits per heavy atom. The molecule has 1 N–H and O–H groups in total. The maximum absolute atomic E-state index is 11.8. The highest BCUT2D eigenvalue weighted by atomic mass is 35.5. The van der Waals surface area contributed by atoms with Gasteiger partial charge in [0.1, 0.15) is 18.1 Å². The molecule has 4 rings (SSSR count). The molecule has 3 aromatic rings. The maximum atomic E-state index is 11.8. The molecule has 1 aliphatic heterocycles. The van der Waals surface area contributed by atoms with E-state index in [4.69, 9.17) is 21.1 Å². The number of halogens is 1. The van der Waals surface area contributed by atoms with Crippen LogP contribution in [0.3, 0.4) is 0 Å². The maximum Gasteiger partial charge on any atom is 0.412 e. The predicted octanol–water partition coefficient (Wildman–Crippen LogP) is 7.29. The first-order valence-electron chi connectivity index (χ1n) is 13.0. The van der Waals surface area contributed by atoms with Crippen molar-refractivity contribution >= 4 is 28.8 Å². The number of nitrogens with one attached hydrogen (secondary N) is 1. The zero-order valence-electron chi connectivity index (χ0n) is 21.6. The molecule has 1 aliphatic rings. The largest absolute Gasteiger partial charge is 0.492 e. The van der Waals surface area contributed by atoms with Gasteiger partial charge >= 0.3 is 6.09 Å². The van der Waals surface area contributed by atoms with Gasteiger partial charge in [-0.05, 0) is 104 Å². The monoisotopic (exact) mass is 518 g/mol. The minimum atomic E-state index is -0.459. The third kappa shape index (κ3) is 7.61. The normalized spacial score (nSPS) is 14.6. The van der Waals surface area contributed by atoms with Gasteiger partial charge in [-0.25, -0.2) is 4.79 Å². The van der Waals surface area contributed by atoms with Gasteiger partial charge in [0, 0.05) is 18.1 Å². The van der Waals surface area contributed by atoms with Gasteiger partial charge in [-0.3, -0.25) is 4.90 Å². The predicted molar refractivity (Wildman–Crippen MR) is 151 cm³/mol. The summed E-state index contributed by atoms with van der Waals surface area (Å²) < 4.78 is 11.4. The van der Waals surface area contributed by atoms with Crippen LogP contribution < -0.4 is 14.8 Å². The van der Waals surface area contributed by atoms with Crippen molar-refractivity contribution in [2.75, 3.05) is 32.8 Å². The van der Waals surface area contributed by atoms with E-state index in [2.05, 4.69) is 29.3 Å². The van der Waals surface area contributed by atoms with Gasteiger partial charge in [0.15, 0.2) is 0 Å². The zero-order valence-corrected chi connectivity index (χ0v) is 22.4. The first-order valence-corrected chi connectivity index (χ1v) is 13.4. The molecule has 1 amide bonds. The number of piperidine rings is 1. The van der Waals surface area contributed by atoms with E-state index in [1.807, 2.05) is 67.6 Å². The average Bonchev–Trinajstić information content (AvgIpc) is 2.92. The van der Waals surface area contributed by atoms with E-state index in [0.717, 1.165) is 40.1 Å². The van der Waals surface area contributed by atoms with E-state index < -0.39 is 6.09 Å². The third-order valence-electron chi connectivity index (χ3n) is 6.59. The Kier molecular flexibility index (Phi) is 9.64. The van der Waals surface area contributed by atoms with Gasteiger partial charge in [0.2, 0.25) is 0 Å². The highest BCUT2D eigenvalue weighted by Crippen LogP contribution is 2.34. The zero-order chi connectivity index (χ0) is 26.0. The van der Waals surface area contributed by atoms with Crippen LogP contribution in [0.25, 0.3) is 11.1 Å². The summed E-state index contributed by atoms with van der Waals surface area (Å²) in [5, 5.41) is 3.35. The molecule has 0 aromatic heterocycles. The van der Waals surface area contributed by atoms with Crippen LogP contribution in [0.4, 0.5) is 4.79 Å². The molecular formula is C31H35ClN2O3. The van der Waals surface area contributed by atoms with Crippen LogP contribution in [-0.2, 0) is 0 Å². The van der Waals surface area contributed by atoms with Crippen LogP contribution in [-0.4, -0.2) is 43.8 Å². The van der Waals surface area contributed by atoms with Gasteiger partial charge in [0.05, 0.1) is 0 Å². The molecule has 3 aromatic carbocycles. The number of nitrogens with zero attached hydrogens (tertiary/aromatic N) is 1. The Bertz CT molecular complexity index is 1180. The van der Waals surface area contributed by atoms with Crippen LogP contribution in [0.5, 0.6) is 11.5 Å². The molecule has 0 spiro atoms. The number of carbonyl (C=O) groups is 1. The second kappa shape index (κ2) is 13.3. The highest BCUT2D eigenvalue weighted by molar-refractivity contribution is 6.30. The molecule has 37 heavy (non-hydrogen) atoms. The molecule has 0 bridgehead atoms. The van der Waals surface area contributed by atoms with E-state index in [9.17, 15) is 4.79 Å². The van der Waals surface area contributed by atoms with Gasteiger partial charge < -0.3 is 14.8 Å². The quantitative estimate of drug-likeness (QED) is 0.302. The molecule has 6 heteroatoms. The van der Waals surface area contributed by atoms with Crippen LogP contribution in [0.1, 0.15) is 49.8 Å². The lowest BCUT2D eigenvalue weighted by molar-refractivity contribution is 0.183. The van der Waals surface area contributed by atoms with E-state index in [0.29, 0.717) is 23.9 Å². The Morgan fingerprint density at radius 3 is 2.00 bits per heavy atom. The van der Waals surface area contributed by atoms with E-state index in [1.165, 1.54) is 32.4 Å². The van der Waals surface area contributed by atoms with Crippen LogP contribution >= 0.6 is 11.6 Å². The van der Waals surface area contributed by atoms with Crippen molar-refractivity contribution < 1.29 is 14.3 Å². The number of ether oxygens (including phenoxy) is 2. The van der Waals surface area contributed by atoms with Crippen molar-refractivity contribution in [2.24, 2.45) is 0 Å². The second-order valence-corrected chi connectivity index (χ2v) is 9.66. The van der Waals surface area contributed by atoms with Crippen molar-refractivity contribution in [1.82, 2.24) is 10.2 Å². The van der Waals surface area contributed by atoms with Gasteiger partial charge in [0.25, 0.3) is 0 Å². The number of allylic oxidation sites excluding steroid dienone is 1. The van der Waals surface area contributed by atoms with Crippen molar-refractivity contribution in [3.8, 4) is 11.5 Å². The fourth-order valence-electron chi connectivity index (χ4n) is 4.61. The molecule has 0 aliphatic carbocycles. The van der Waals surface area contributed by atoms with E-state index in [1.54, 1.807) is 0 Å². The lowest BCUT2D eigenvalue weighted by Gasteiger charge is -2.26. The van der Waals surface area contributed by atoms with Crippen LogP contribution in [0.2, 0.25) is 5.02 Å². The van der Waals surface area contributed by atoms with Gasteiger partial charge in [-0.15, -0.1) is 0 Å². The lowest BCUT2D eigenvalue weighted by Crippen LogP contribution is -2.33. The second-order valence-electron chi connectivity index (χ2n) is 9.23. The standard InChI is InChI=1S/C31H35ClN2O3/c1-3-33-31(35)37-29-17-11-26(12-18-29)30(23(2)24-7-13-27(32)14-8-24)25-9-15-28(16-10-25)36-22-21-34-19-5-4-6-20-34/h7-18H,3-6,19-22H2,1-2H3,(H,33,35)/b30-23+. The third-order valence-corrected chi connectivity index (χ3v) is 6.85. The minimum Gasteiger partial charge on any atom is -0.492 e. The first kappa shape index (κ1) is 26.8. The van der Waals surface area contributed by atoms with Crippen molar-refractivity contribution in [3.05, 3.63) is 94.5 Å². The summed E-state index contributed by atoms with van der Waals surface area (Å²) in [6.45, 7) is 8.49. The summed E-state index contributed by atoms with van der Waals surface area (Å²) in [5.41, 5.74) is 5.39. The van der Waals surface area contributed by atoms with Gasteiger partial charge in [-0.1, -0.05) is 54.4 Å².